The van der Waals surface area contributed by atoms with E-state index in [4.69, 9.17) is 9.40 Å². The van der Waals surface area contributed by atoms with E-state index in [1.54, 1.807) is 0 Å². The monoisotopic (exact) mass is 782 g/mol. The van der Waals surface area contributed by atoms with Crippen LogP contribution in [0.5, 0.6) is 0 Å². The summed E-state index contributed by atoms with van der Waals surface area (Å²) in [6.45, 7) is 2.24. The lowest BCUT2D eigenvalue weighted by Crippen LogP contribution is -1.95. The quantitative estimate of drug-likeness (QED) is 0.178. The van der Waals surface area contributed by atoms with Crippen LogP contribution >= 0.6 is 11.3 Å². The number of aryl methyl sites for hydroxylation is 1. The van der Waals surface area contributed by atoms with E-state index in [-0.39, 0.29) is 0 Å². The zero-order chi connectivity index (χ0) is 39.5. The van der Waals surface area contributed by atoms with Crippen molar-refractivity contribution in [2.75, 3.05) is 0 Å². The predicted octanol–water partition coefficient (Wildman–Crippen LogP) is 16.1. The van der Waals surface area contributed by atoms with Crippen LogP contribution in [0, 0.1) is 6.92 Å². The summed E-state index contributed by atoms with van der Waals surface area (Å²) in [7, 11) is 0. The van der Waals surface area contributed by atoms with Gasteiger partial charge in [-0.15, -0.1) is 11.3 Å². The lowest BCUT2D eigenvalue weighted by molar-refractivity contribution is 0.666. The normalized spacial score (nSPS) is 12.1. The van der Waals surface area contributed by atoms with Gasteiger partial charge in [-0.1, -0.05) is 152 Å². The number of hydrogen-bond acceptors (Lipinski definition) is 3. The molecule has 0 aliphatic heterocycles. The number of pyridine rings is 1. The van der Waals surface area contributed by atoms with Crippen molar-refractivity contribution in [1.82, 2.24) is 9.55 Å². The fraction of sp³-hybridized carbons (Fsp3) is 0.0179. The Balaban J connectivity index is 1.10. The largest absolute Gasteiger partial charge is 0.454 e. The molecule has 0 amide bonds. The molecule has 0 bridgehead atoms. The van der Waals surface area contributed by atoms with E-state index < -0.39 is 0 Å². The highest BCUT2D eigenvalue weighted by Crippen LogP contribution is 2.48. The first-order chi connectivity index (χ1) is 29.7. The number of benzene rings is 9. The molecular weight excluding hydrogens is 749 g/mol. The van der Waals surface area contributed by atoms with Gasteiger partial charge in [0.1, 0.15) is 5.58 Å². The van der Waals surface area contributed by atoms with Gasteiger partial charge in [0.05, 0.1) is 28.1 Å². The van der Waals surface area contributed by atoms with Gasteiger partial charge in [-0.2, -0.15) is 0 Å². The van der Waals surface area contributed by atoms with Gasteiger partial charge in [0.15, 0.2) is 5.58 Å². The van der Waals surface area contributed by atoms with Gasteiger partial charge in [-0.25, -0.2) is 4.98 Å². The van der Waals surface area contributed by atoms with E-state index in [0.29, 0.717) is 0 Å². The number of aromatic nitrogens is 2. The van der Waals surface area contributed by atoms with E-state index in [2.05, 4.69) is 200 Å². The molecule has 0 radical (unpaired) electrons. The van der Waals surface area contributed by atoms with E-state index in [1.165, 1.54) is 69.2 Å². The molecule has 4 aromatic heterocycles. The van der Waals surface area contributed by atoms with Crippen molar-refractivity contribution in [3.8, 4) is 39.3 Å². The van der Waals surface area contributed by atoms with Crippen LogP contribution < -0.4 is 0 Å². The molecule has 280 valence electrons. The summed E-state index contributed by atoms with van der Waals surface area (Å²) in [4.78, 5) is 5.69. The van der Waals surface area contributed by atoms with E-state index in [1.807, 2.05) is 11.3 Å². The second-order valence-corrected chi connectivity index (χ2v) is 16.9. The number of thiophene rings is 1. The highest BCUT2D eigenvalue weighted by molar-refractivity contribution is 7.26. The van der Waals surface area contributed by atoms with Gasteiger partial charge in [0.2, 0.25) is 0 Å². The van der Waals surface area contributed by atoms with Crippen molar-refractivity contribution in [3.63, 3.8) is 0 Å². The molecule has 9 aromatic carbocycles. The Hall–Kier alpha value is -7.53. The van der Waals surface area contributed by atoms with Gasteiger partial charge in [-0.05, 0) is 81.6 Å². The van der Waals surface area contributed by atoms with Crippen molar-refractivity contribution < 1.29 is 4.42 Å². The fourth-order valence-corrected chi connectivity index (χ4v) is 11.1. The standard InChI is InChI=1S/C56H34N2OS/c1-33-53(57-54(37-30-29-34-15-5-6-18-36(34)31-37)52-41-22-10-12-28-49(41)60-56(33)52)42-23-14-27-48-51(42)43-24-13-26-46(55(43)59-48)58-45-25-11-9-21-40(45)50-39-20-8-7-19-38(39)44(32-47(50)58)35-16-3-2-4-17-35/h2-32H,1H3. The third-order valence-corrected chi connectivity index (χ3v) is 13.8. The molecule has 4 heterocycles. The van der Waals surface area contributed by atoms with Crippen LogP contribution in [0.2, 0.25) is 0 Å². The highest BCUT2D eigenvalue weighted by Gasteiger charge is 2.24. The maximum atomic E-state index is 7.06. The highest BCUT2D eigenvalue weighted by atomic mass is 32.1. The number of rotatable bonds is 4. The zero-order valence-corrected chi connectivity index (χ0v) is 33.4. The van der Waals surface area contributed by atoms with E-state index in [9.17, 15) is 0 Å². The second kappa shape index (κ2) is 12.7. The summed E-state index contributed by atoms with van der Waals surface area (Å²) in [6.07, 6.45) is 0. The Kier molecular flexibility index (Phi) is 7.10. The molecule has 0 atom stereocenters. The lowest BCUT2D eigenvalue weighted by atomic mass is 9.95. The summed E-state index contributed by atoms with van der Waals surface area (Å²) < 4.78 is 12.0. The molecular formula is C56H34N2OS. The van der Waals surface area contributed by atoms with E-state index in [0.717, 1.165) is 61.2 Å². The minimum Gasteiger partial charge on any atom is -0.454 e. The Labute approximate surface area is 349 Å². The first-order valence-electron chi connectivity index (χ1n) is 20.5. The Morgan fingerprint density at radius 3 is 2.07 bits per heavy atom. The molecule has 0 spiro atoms. The SMILES string of the molecule is Cc1c(-c2cccc3oc4c(-n5c6ccccc6c6c7ccccc7c(-c7ccccc7)cc65)cccc4c23)nc(-c2ccc3ccccc3c2)c2c1sc1ccccc12. The van der Waals surface area contributed by atoms with E-state index >= 15 is 0 Å². The van der Waals surface area contributed by atoms with Gasteiger partial charge in [0, 0.05) is 52.8 Å². The third kappa shape index (κ3) is 4.74. The van der Waals surface area contributed by atoms with Gasteiger partial charge < -0.3 is 8.98 Å². The van der Waals surface area contributed by atoms with Gasteiger partial charge in [0.25, 0.3) is 0 Å². The Bertz CT molecular complexity index is 3910. The molecule has 0 unspecified atom stereocenters. The average molecular weight is 783 g/mol. The second-order valence-electron chi connectivity index (χ2n) is 15.8. The smallest absolute Gasteiger partial charge is 0.159 e. The topological polar surface area (TPSA) is 31.0 Å². The van der Waals surface area contributed by atoms with Crippen LogP contribution in [0.3, 0.4) is 0 Å². The number of nitrogens with zero attached hydrogens (tertiary/aromatic N) is 2. The summed E-state index contributed by atoms with van der Waals surface area (Å²) in [5.41, 5.74) is 12.8. The molecule has 4 heteroatoms. The van der Waals surface area contributed by atoms with Crippen LogP contribution in [0.15, 0.2) is 192 Å². The molecule has 13 aromatic rings. The third-order valence-electron chi connectivity index (χ3n) is 12.5. The minimum absolute atomic E-state index is 0.844. The summed E-state index contributed by atoms with van der Waals surface area (Å²) >= 11 is 1.86. The van der Waals surface area contributed by atoms with Crippen molar-refractivity contribution in [1.29, 1.82) is 0 Å². The minimum atomic E-state index is 0.844. The van der Waals surface area contributed by atoms with Crippen LogP contribution in [-0.2, 0) is 0 Å². The summed E-state index contributed by atoms with van der Waals surface area (Å²) in [5.74, 6) is 0. The fourth-order valence-electron chi connectivity index (χ4n) is 9.86. The predicted molar refractivity (Wildman–Crippen MR) is 255 cm³/mol. The lowest BCUT2D eigenvalue weighted by Gasteiger charge is -2.14. The van der Waals surface area contributed by atoms with Crippen LogP contribution in [0.25, 0.3) is 125 Å². The first kappa shape index (κ1) is 33.4. The molecule has 0 aliphatic rings. The molecule has 0 fully saturated rings. The van der Waals surface area contributed by atoms with Crippen molar-refractivity contribution in [3.05, 3.63) is 194 Å². The Morgan fingerprint density at radius 1 is 0.467 bits per heavy atom. The average Bonchev–Trinajstić information content (AvgIpc) is 4.00. The van der Waals surface area contributed by atoms with Crippen molar-refractivity contribution >= 4 is 96.8 Å². The van der Waals surface area contributed by atoms with Crippen LogP contribution in [0.4, 0.5) is 0 Å². The molecule has 0 saturated heterocycles. The molecule has 0 N–H and O–H groups in total. The first-order valence-corrected chi connectivity index (χ1v) is 21.3. The maximum absolute atomic E-state index is 7.06. The maximum Gasteiger partial charge on any atom is 0.159 e. The van der Waals surface area contributed by atoms with Crippen LogP contribution in [0.1, 0.15) is 5.56 Å². The number of fused-ring (bicyclic) bond motifs is 12. The summed E-state index contributed by atoms with van der Waals surface area (Å²) in [6, 6.07) is 67.8. The van der Waals surface area contributed by atoms with Crippen LogP contribution in [-0.4, -0.2) is 9.55 Å². The summed E-state index contributed by atoms with van der Waals surface area (Å²) in [5, 5.41) is 12.0. The number of hydrogen-bond donors (Lipinski definition) is 0. The molecule has 0 aliphatic carbocycles. The van der Waals surface area contributed by atoms with Crippen molar-refractivity contribution in [2.24, 2.45) is 0 Å². The molecule has 3 nitrogen and oxygen atoms in total. The van der Waals surface area contributed by atoms with Gasteiger partial charge >= 0.3 is 0 Å². The van der Waals surface area contributed by atoms with Gasteiger partial charge in [-0.3, -0.25) is 0 Å². The number of furan rings is 1. The molecule has 0 saturated carbocycles. The molecule has 13 rings (SSSR count). The zero-order valence-electron chi connectivity index (χ0n) is 32.6. The van der Waals surface area contributed by atoms with Crippen molar-refractivity contribution in [2.45, 2.75) is 6.92 Å². The Morgan fingerprint density at radius 2 is 1.18 bits per heavy atom. The number of para-hydroxylation sites is 2. The molecule has 60 heavy (non-hydrogen) atoms.